The van der Waals surface area contributed by atoms with E-state index in [1.54, 1.807) is 18.6 Å². The summed E-state index contributed by atoms with van der Waals surface area (Å²) in [7, 11) is 0. The molecule has 2 aromatic rings. The van der Waals surface area contributed by atoms with E-state index in [0.29, 0.717) is 45.2 Å². The Kier molecular flexibility index (Phi) is 6.26. The lowest BCUT2D eigenvalue weighted by Gasteiger charge is -2.23. The van der Waals surface area contributed by atoms with Gasteiger partial charge in [-0.25, -0.2) is 0 Å². The Morgan fingerprint density at radius 3 is 2.70 bits per heavy atom. The molecule has 0 saturated heterocycles. The molecule has 27 heavy (non-hydrogen) atoms. The van der Waals surface area contributed by atoms with Gasteiger partial charge in [-0.1, -0.05) is 12.1 Å². The first-order valence-electron chi connectivity index (χ1n) is 9.15. The van der Waals surface area contributed by atoms with Gasteiger partial charge in [-0.3, -0.25) is 14.8 Å². The predicted molar refractivity (Wildman–Crippen MR) is 102 cm³/mol. The standard InChI is InChI=1S/C21H23N5O/c1-2-3-11-21(24-25-21)12-9-20(27)26(17-18-7-6-13-22-16-18)15-10-19-8-4-5-14-23-19/h1,4-8,13-14,16H,3,9-12,15,17H2. The molecular formula is C21H23N5O. The molecule has 0 unspecified atom stereocenters. The number of hydrogen-bond acceptors (Lipinski definition) is 5. The SMILES string of the molecule is C#CCCC1(CCC(=O)N(CCc2ccccn2)Cc2cccnc2)N=N1. The summed E-state index contributed by atoms with van der Waals surface area (Å²) in [6.45, 7) is 1.14. The quantitative estimate of drug-likeness (QED) is 0.609. The molecule has 0 aromatic carbocycles. The second-order valence-electron chi connectivity index (χ2n) is 6.63. The highest BCUT2D eigenvalue weighted by atomic mass is 16.2. The summed E-state index contributed by atoms with van der Waals surface area (Å²) in [5.41, 5.74) is 1.55. The zero-order chi connectivity index (χ0) is 19.0. The van der Waals surface area contributed by atoms with E-state index >= 15 is 0 Å². The number of rotatable bonds is 10. The molecular weight excluding hydrogens is 338 g/mol. The molecule has 0 aliphatic carbocycles. The van der Waals surface area contributed by atoms with Gasteiger partial charge in [0, 0.05) is 69.5 Å². The fraction of sp³-hybridized carbons (Fsp3) is 0.381. The van der Waals surface area contributed by atoms with Gasteiger partial charge in [-0.05, 0) is 23.8 Å². The van der Waals surface area contributed by atoms with Crippen LogP contribution in [0.5, 0.6) is 0 Å². The first-order chi connectivity index (χ1) is 13.2. The van der Waals surface area contributed by atoms with Gasteiger partial charge in [0.1, 0.15) is 0 Å². The maximum absolute atomic E-state index is 12.9. The van der Waals surface area contributed by atoms with E-state index in [9.17, 15) is 4.79 Å². The molecule has 0 fully saturated rings. The minimum atomic E-state index is -0.428. The van der Waals surface area contributed by atoms with Gasteiger partial charge in [-0.2, -0.15) is 10.2 Å². The maximum Gasteiger partial charge on any atom is 0.223 e. The molecule has 0 atom stereocenters. The minimum absolute atomic E-state index is 0.0900. The smallest absolute Gasteiger partial charge is 0.223 e. The zero-order valence-electron chi connectivity index (χ0n) is 15.3. The summed E-state index contributed by atoms with van der Waals surface area (Å²) in [6, 6.07) is 9.69. The van der Waals surface area contributed by atoms with Crippen molar-refractivity contribution in [2.45, 2.75) is 44.3 Å². The summed E-state index contributed by atoms with van der Waals surface area (Å²) >= 11 is 0. The Morgan fingerprint density at radius 1 is 1.15 bits per heavy atom. The summed E-state index contributed by atoms with van der Waals surface area (Å²) in [5, 5.41) is 8.24. The van der Waals surface area contributed by atoms with Crippen LogP contribution < -0.4 is 0 Å². The number of terminal acetylenes is 1. The summed E-state index contributed by atoms with van der Waals surface area (Å²) in [6.07, 6.45) is 13.7. The van der Waals surface area contributed by atoms with Gasteiger partial charge in [0.2, 0.25) is 5.91 Å². The van der Waals surface area contributed by atoms with Gasteiger partial charge in [0.15, 0.2) is 5.66 Å². The third-order valence-corrected chi connectivity index (χ3v) is 4.60. The first-order valence-corrected chi connectivity index (χ1v) is 9.15. The molecule has 0 radical (unpaired) electrons. The Morgan fingerprint density at radius 2 is 2.04 bits per heavy atom. The predicted octanol–water partition coefficient (Wildman–Crippen LogP) is 3.40. The molecule has 3 heterocycles. The van der Waals surface area contributed by atoms with Gasteiger partial charge in [-0.15, -0.1) is 12.3 Å². The van der Waals surface area contributed by atoms with Crippen LogP contribution in [0.4, 0.5) is 0 Å². The van der Waals surface area contributed by atoms with Crippen molar-refractivity contribution in [3.63, 3.8) is 0 Å². The van der Waals surface area contributed by atoms with Crippen LogP contribution in [0, 0.1) is 12.3 Å². The highest BCUT2D eigenvalue weighted by molar-refractivity contribution is 5.76. The number of amides is 1. The minimum Gasteiger partial charge on any atom is -0.338 e. The van der Waals surface area contributed by atoms with Crippen molar-refractivity contribution >= 4 is 5.91 Å². The third-order valence-electron chi connectivity index (χ3n) is 4.60. The average molecular weight is 361 g/mol. The Labute approximate surface area is 159 Å². The highest BCUT2D eigenvalue weighted by Crippen LogP contribution is 2.37. The number of carbonyl (C=O) groups excluding carboxylic acids is 1. The lowest BCUT2D eigenvalue weighted by molar-refractivity contribution is -0.132. The van der Waals surface area contributed by atoms with Crippen LogP contribution in [0.3, 0.4) is 0 Å². The lowest BCUT2D eigenvalue weighted by atomic mass is 10.0. The van der Waals surface area contributed by atoms with Crippen molar-refractivity contribution in [3.8, 4) is 12.3 Å². The van der Waals surface area contributed by atoms with E-state index in [4.69, 9.17) is 6.42 Å². The van der Waals surface area contributed by atoms with Crippen molar-refractivity contribution in [2.24, 2.45) is 10.2 Å². The third kappa shape index (κ3) is 5.71. The first kappa shape index (κ1) is 18.7. The van der Waals surface area contributed by atoms with Crippen molar-refractivity contribution in [1.82, 2.24) is 14.9 Å². The summed E-state index contributed by atoms with van der Waals surface area (Å²) in [4.78, 5) is 23.2. The second-order valence-corrected chi connectivity index (χ2v) is 6.63. The Balaban J connectivity index is 1.59. The summed E-state index contributed by atoms with van der Waals surface area (Å²) < 4.78 is 0. The number of pyridine rings is 2. The van der Waals surface area contributed by atoms with E-state index in [1.165, 1.54) is 0 Å². The van der Waals surface area contributed by atoms with Crippen molar-refractivity contribution in [1.29, 1.82) is 0 Å². The van der Waals surface area contributed by atoms with E-state index < -0.39 is 5.66 Å². The van der Waals surface area contributed by atoms with Crippen LogP contribution in [0.25, 0.3) is 0 Å². The topological polar surface area (TPSA) is 70.8 Å². The van der Waals surface area contributed by atoms with Gasteiger partial charge in [0.05, 0.1) is 0 Å². The van der Waals surface area contributed by atoms with Crippen LogP contribution >= 0.6 is 0 Å². The Bertz CT molecular complexity index is 807. The van der Waals surface area contributed by atoms with E-state index in [-0.39, 0.29) is 5.91 Å². The normalized spacial score (nSPS) is 13.7. The molecule has 0 spiro atoms. The van der Waals surface area contributed by atoms with Crippen LogP contribution in [0.1, 0.15) is 36.9 Å². The van der Waals surface area contributed by atoms with Crippen molar-refractivity contribution in [2.75, 3.05) is 6.54 Å². The van der Waals surface area contributed by atoms with Gasteiger partial charge < -0.3 is 4.90 Å². The van der Waals surface area contributed by atoms with Crippen LogP contribution in [-0.2, 0) is 17.8 Å². The van der Waals surface area contributed by atoms with Crippen molar-refractivity contribution in [3.05, 3.63) is 60.2 Å². The molecule has 0 bridgehead atoms. The lowest BCUT2D eigenvalue weighted by Crippen LogP contribution is -2.33. The monoisotopic (exact) mass is 361 g/mol. The number of hydrogen-bond donors (Lipinski definition) is 0. The Hall–Kier alpha value is -3.07. The average Bonchev–Trinajstić information content (AvgIpc) is 3.49. The van der Waals surface area contributed by atoms with Crippen LogP contribution in [0.15, 0.2) is 59.2 Å². The van der Waals surface area contributed by atoms with E-state index in [1.807, 2.05) is 35.2 Å². The van der Waals surface area contributed by atoms with Gasteiger partial charge in [0.25, 0.3) is 0 Å². The zero-order valence-corrected chi connectivity index (χ0v) is 15.3. The molecule has 138 valence electrons. The molecule has 1 aliphatic rings. The molecule has 0 N–H and O–H groups in total. The van der Waals surface area contributed by atoms with Crippen LogP contribution in [-0.4, -0.2) is 33.0 Å². The summed E-state index contributed by atoms with van der Waals surface area (Å²) in [5.74, 6) is 2.71. The van der Waals surface area contributed by atoms with E-state index in [2.05, 4.69) is 26.1 Å². The second kappa shape index (κ2) is 9.04. The fourth-order valence-electron chi connectivity index (χ4n) is 2.93. The number of aromatic nitrogens is 2. The molecule has 6 heteroatoms. The van der Waals surface area contributed by atoms with Gasteiger partial charge >= 0.3 is 0 Å². The molecule has 1 amide bonds. The maximum atomic E-state index is 12.9. The van der Waals surface area contributed by atoms with Crippen molar-refractivity contribution < 1.29 is 4.79 Å². The fourth-order valence-corrected chi connectivity index (χ4v) is 2.93. The number of nitrogens with zero attached hydrogens (tertiary/aromatic N) is 5. The number of carbonyl (C=O) groups is 1. The van der Waals surface area contributed by atoms with Crippen LogP contribution in [0.2, 0.25) is 0 Å². The molecule has 6 nitrogen and oxygen atoms in total. The van der Waals surface area contributed by atoms with E-state index in [0.717, 1.165) is 11.3 Å². The largest absolute Gasteiger partial charge is 0.338 e. The molecule has 2 aromatic heterocycles. The molecule has 3 rings (SSSR count). The molecule has 1 aliphatic heterocycles. The highest BCUT2D eigenvalue weighted by Gasteiger charge is 2.39. The molecule has 0 saturated carbocycles.